The molecule has 1 aliphatic heterocycles. The monoisotopic (exact) mass is 271 g/mol. The Morgan fingerprint density at radius 3 is 2.75 bits per heavy atom. The second-order valence-corrected chi connectivity index (χ2v) is 5.06. The number of phenols is 1. The summed E-state index contributed by atoms with van der Waals surface area (Å²) < 4.78 is 5.46. The van der Waals surface area contributed by atoms with Crippen molar-refractivity contribution in [3.05, 3.63) is 42.0 Å². The van der Waals surface area contributed by atoms with E-state index in [4.69, 9.17) is 4.74 Å². The molecule has 1 saturated heterocycles. The highest BCUT2D eigenvalue weighted by molar-refractivity contribution is 6.01. The number of hydrogen-bond donors (Lipinski definition) is 2. The van der Waals surface area contributed by atoms with Crippen molar-refractivity contribution in [2.75, 3.05) is 13.2 Å². The van der Waals surface area contributed by atoms with Crippen molar-refractivity contribution in [2.45, 2.75) is 18.9 Å². The Balaban J connectivity index is 1.77. The number of fused-ring (bicyclic) bond motifs is 1. The van der Waals surface area contributed by atoms with Gasteiger partial charge in [-0.1, -0.05) is 24.3 Å². The number of carbonyl (C=O) groups excluding carboxylic acids is 1. The molecule has 1 aliphatic rings. The Hall–Kier alpha value is -2.07. The Bertz CT molecular complexity index is 633. The van der Waals surface area contributed by atoms with Gasteiger partial charge in [-0.15, -0.1) is 0 Å². The summed E-state index contributed by atoms with van der Waals surface area (Å²) in [4.78, 5) is 12.1. The summed E-state index contributed by atoms with van der Waals surface area (Å²) in [6.45, 7) is 1.26. The highest BCUT2D eigenvalue weighted by atomic mass is 16.5. The summed E-state index contributed by atoms with van der Waals surface area (Å²) in [5, 5.41) is 14.7. The van der Waals surface area contributed by atoms with Crippen molar-refractivity contribution in [3.63, 3.8) is 0 Å². The summed E-state index contributed by atoms with van der Waals surface area (Å²) in [5.74, 6) is -0.253. The zero-order valence-corrected chi connectivity index (χ0v) is 11.1. The van der Waals surface area contributed by atoms with Gasteiger partial charge in [0.1, 0.15) is 5.75 Å². The van der Waals surface area contributed by atoms with Crippen LogP contribution in [-0.2, 0) is 4.74 Å². The molecule has 0 bridgehead atoms. The van der Waals surface area contributed by atoms with Crippen LogP contribution in [0.1, 0.15) is 23.2 Å². The Morgan fingerprint density at radius 2 is 2.05 bits per heavy atom. The standard InChI is InChI=1S/C16H17NO3/c18-15-9-12-5-2-1-4-11(12)8-14(15)16(19)17-10-13-6-3-7-20-13/h1-2,4-5,8-9,13,18H,3,6-7,10H2,(H,17,19)/t13-/m0/s1. The molecule has 0 unspecified atom stereocenters. The van der Waals surface area contributed by atoms with E-state index in [2.05, 4.69) is 5.32 Å². The molecule has 20 heavy (non-hydrogen) atoms. The predicted octanol–water partition coefficient (Wildman–Crippen LogP) is 2.45. The van der Waals surface area contributed by atoms with Gasteiger partial charge in [-0.05, 0) is 35.7 Å². The van der Waals surface area contributed by atoms with Crippen molar-refractivity contribution < 1.29 is 14.6 Å². The summed E-state index contributed by atoms with van der Waals surface area (Å²) in [6, 6.07) is 11.0. The molecule has 0 saturated carbocycles. The van der Waals surface area contributed by atoms with Crippen LogP contribution < -0.4 is 5.32 Å². The number of hydrogen-bond acceptors (Lipinski definition) is 3. The van der Waals surface area contributed by atoms with Crippen LogP contribution in [0.15, 0.2) is 36.4 Å². The number of phenolic OH excluding ortho intramolecular Hbond substituents is 1. The van der Waals surface area contributed by atoms with Crippen molar-refractivity contribution in [2.24, 2.45) is 0 Å². The van der Waals surface area contributed by atoms with E-state index in [0.717, 1.165) is 30.2 Å². The molecule has 3 rings (SSSR count). The molecule has 0 spiro atoms. The second kappa shape index (κ2) is 5.51. The number of benzene rings is 2. The highest BCUT2D eigenvalue weighted by Gasteiger charge is 2.18. The fourth-order valence-corrected chi connectivity index (χ4v) is 2.52. The molecule has 4 nitrogen and oxygen atoms in total. The Morgan fingerprint density at radius 1 is 1.30 bits per heavy atom. The first kappa shape index (κ1) is 12.9. The lowest BCUT2D eigenvalue weighted by molar-refractivity contribution is 0.0855. The zero-order valence-electron chi connectivity index (χ0n) is 11.1. The molecule has 2 aromatic carbocycles. The summed E-state index contributed by atoms with van der Waals surface area (Å²) >= 11 is 0. The van der Waals surface area contributed by atoms with Gasteiger partial charge in [0.15, 0.2) is 0 Å². The average Bonchev–Trinajstić information content (AvgIpc) is 2.97. The number of carbonyl (C=O) groups is 1. The van der Waals surface area contributed by atoms with E-state index in [0.29, 0.717) is 12.1 Å². The number of ether oxygens (including phenoxy) is 1. The van der Waals surface area contributed by atoms with Crippen LogP contribution in [0.4, 0.5) is 0 Å². The van der Waals surface area contributed by atoms with Gasteiger partial charge < -0.3 is 15.2 Å². The van der Waals surface area contributed by atoms with Crippen molar-refractivity contribution >= 4 is 16.7 Å². The minimum Gasteiger partial charge on any atom is -0.507 e. The van der Waals surface area contributed by atoms with E-state index in [1.807, 2.05) is 24.3 Å². The lowest BCUT2D eigenvalue weighted by Crippen LogP contribution is -2.31. The maximum absolute atomic E-state index is 12.1. The van der Waals surface area contributed by atoms with E-state index < -0.39 is 0 Å². The van der Waals surface area contributed by atoms with Gasteiger partial charge in [0, 0.05) is 13.2 Å². The molecule has 1 amide bonds. The third-order valence-electron chi connectivity index (χ3n) is 3.62. The SMILES string of the molecule is O=C(NC[C@@H]1CCCO1)c1cc2ccccc2cc1O. The molecule has 0 aliphatic carbocycles. The van der Waals surface area contributed by atoms with Crippen molar-refractivity contribution in [3.8, 4) is 5.75 Å². The van der Waals surface area contributed by atoms with E-state index in [-0.39, 0.29) is 17.8 Å². The number of amides is 1. The molecule has 0 aromatic heterocycles. The van der Waals surface area contributed by atoms with Gasteiger partial charge in [-0.2, -0.15) is 0 Å². The Labute approximate surface area is 117 Å². The maximum Gasteiger partial charge on any atom is 0.255 e. The van der Waals surface area contributed by atoms with Gasteiger partial charge in [-0.3, -0.25) is 4.79 Å². The molecular formula is C16H17NO3. The lowest BCUT2D eigenvalue weighted by atomic mass is 10.1. The van der Waals surface area contributed by atoms with E-state index in [1.54, 1.807) is 12.1 Å². The van der Waals surface area contributed by atoms with Crippen LogP contribution in [-0.4, -0.2) is 30.3 Å². The van der Waals surface area contributed by atoms with Crippen molar-refractivity contribution in [1.82, 2.24) is 5.32 Å². The molecular weight excluding hydrogens is 254 g/mol. The predicted molar refractivity (Wildman–Crippen MR) is 76.9 cm³/mol. The molecule has 2 aromatic rings. The quantitative estimate of drug-likeness (QED) is 0.901. The molecule has 0 radical (unpaired) electrons. The minimum absolute atomic E-state index is 0.00791. The number of nitrogens with one attached hydrogen (secondary N) is 1. The molecule has 104 valence electrons. The van der Waals surface area contributed by atoms with Crippen molar-refractivity contribution in [1.29, 1.82) is 0 Å². The zero-order chi connectivity index (χ0) is 13.9. The minimum atomic E-state index is -0.260. The fraction of sp³-hybridized carbons (Fsp3) is 0.312. The van der Waals surface area contributed by atoms with Gasteiger partial charge >= 0.3 is 0 Å². The van der Waals surface area contributed by atoms with Gasteiger partial charge in [0.05, 0.1) is 11.7 Å². The summed E-state index contributed by atoms with van der Waals surface area (Å²) in [7, 11) is 0. The normalized spacial score (nSPS) is 18.3. The van der Waals surface area contributed by atoms with E-state index >= 15 is 0 Å². The van der Waals surface area contributed by atoms with Crippen LogP contribution in [0.25, 0.3) is 10.8 Å². The Kier molecular flexibility index (Phi) is 3.56. The summed E-state index contributed by atoms with van der Waals surface area (Å²) in [5.41, 5.74) is 0.307. The molecule has 2 N–H and O–H groups in total. The second-order valence-electron chi connectivity index (χ2n) is 5.06. The smallest absolute Gasteiger partial charge is 0.255 e. The molecule has 1 fully saturated rings. The van der Waals surface area contributed by atoms with Crippen LogP contribution in [0, 0.1) is 0 Å². The van der Waals surface area contributed by atoms with Gasteiger partial charge in [0.25, 0.3) is 5.91 Å². The first-order chi connectivity index (χ1) is 9.74. The van der Waals surface area contributed by atoms with E-state index in [1.165, 1.54) is 0 Å². The average molecular weight is 271 g/mol. The topological polar surface area (TPSA) is 58.6 Å². The number of rotatable bonds is 3. The van der Waals surface area contributed by atoms with Crippen LogP contribution >= 0.6 is 0 Å². The lowest BCUT2D eigenvalue weighted by Gasteiger charge is -2.12. The fourth-order valence-electron chi connectivity index (χ4n) is 2.52. The summed E-state index contributed by atoms with van der Waals surface area (Å²) in [6.07, 6.45) is 2.12. The molecule has 1 heterocycles. The maximum atomic E-state index is 12.1. The largest absolute Gasteiger partial charge is 0.507 e. The molecule has 1 atom stereocenters. The molecule has 4 heteroatoms. The van der Waals surface area contributed by atoms with Crippen LogP contribution in [0.3, 0.4) is 0 Å². The first-order valence-electron chi connectivity index (χ1n) is 6.85. The third-order valence-corrected chi connectivity index (χ3v) is 3.62. The van der Waals surface area contributed by atoms with E-state index in [9.17, 15) is 9.90 Å². The number of aromatic hydroxyl groups is 1. The highest BCUT2D eigenvalue weighted by Crippen LogP contribution is 2.25. The van der Waals surface area contributed by atoms with Crippen LogP contribution in [0.2, 0.25) is 0 Å². The van der Waals surface area contributed by atoms with Crippen LogP contribution in [0.5, 0.6) is 5.75 Å². The first-order valence-corrected chi connectivity index (χ1v) is 6.85. The van der Waals surface area contributed by atoms with Gasteiger partial charge in [0.2, 0.25) is 0 Å². The van der Waals surface area contributed by atoms with Gasteiger partial charge in [-0.25, -0.2) is 0 Å². The third kappa shape index (κ3) is 2.60.